The zero-order valence-corrected chi connectivity index (χ0v) is 8.77. The van der Waals surface area contributed by atoms with Gasteiger partial charge in [0.2, 0.25) is 0 Å². The summed E-state index contributed by atoms with van der Waals surface area (Å²) in [6, 6.07) is 0. The summed E-state index contributed by atoms with van der Waals surface area (Å²) in [4.78, 5) is 7.41. The molecule has 0 aromatic carbocycles. The van der Waals surface area contributed by atoms with Crippen LogP contribution in [0.25, 0.3) is 0 Å². The summed E-state index contributed by atoms with van der Waals surface area (Å²) in [6.45, 7) is 1.60. The van der Waals surface area contributed by atoms with Crippen molar-refractivity contribution in [2.24, 2.45) is 0 Å². The van der Waals surface area contributed by atoms with Gasteiger partial charge in [-0.05, 0) is 0 Å². The van der Waals surface area contributed by atoms with Crippen LogP contribution in [0.4, 0.5) is 5.13 Å². The van der Waals surface area contributed by atoms with E-state index in [1.165, 1.54) is 4.88 Å². The fourth-order valence-corrected chi connectivity index (χ4v) is 1.68. The lowest BCUT2D eigenvalue weighted by Gasteiger charge is -2.05. The van der Waals surface area contributed by atoms with E-state index in [-0.39, 0.29) is 6.61 Å². The van der Waals surface area contributed by atoms with E-state index in [1.54, 1.807) is 11.3 Å². The standard InChI is InChI=1S/C8H15N3OS/c1-11(2)8-10-6-7(13-8)5-9-3-4-12/h6,9,12H,3-5H2,1-2H3. The Labute approximate surface area is 82.2 Å². The lowest BCUT2D eigenvalue weighted by Crippen LogP contribution is -2.16. The summed E-state index contributed by atoms with van der Waals surface area (Å²) >= 11 is 1.66. The first-order valence-electron chi connectivity index (χ1n) is 4.17. The Morgan fingerprint density at radius 3 is 2.92 bits per heavy atom. The fourth-order valence-electron chi connectivity index (χ4n) is 0.876. The van der Waals surface area contributed by atoms with Gasteiger partial charge in [-0.2, -0.15) is 0 Å². The van der Waals surface area contributed by atoms with Gasteiger partial charge in [0.05, 0.1) is 6.61 Å². The number of aliphatic hydroxyl groups excluding tert-OH is 1. The number of nitrogens with zero attached hydrogens (tertiary/aromatic N) is 2. The lowest BCUT2D eigenvalue weighted by molar-refractivity contribution is 0.292. The van der Waals surface area contributed by atoms with Crippen LogP contribution in [-0.2, 0) is 6.54 Å². The van der Waals surface area contributed by atoms with Gasteiger partial charge < -0.3 is 15.3 Å². The molecule has 2 N–H and O–H groups in total. The molecule has 0 aliphatic heterocycles. The number of thiazole rings is 1. The average Bonchev–Trinajstić information content (AvgIpc) is 2.53. The van der Waals surface area contributed by atoms with Crippen LogP contribution in [0.15, 0.2) is 6.20 Å². The van der Waals surface area contributed by atoms with Gasteiger partial charge in [-0.15, -0.1) is 11.3 Å². The Hall–Kier alpha value is -0.650. The molecule has 0 aliphatic carbocycles. The van der Waals surface area contributed by atoms with Crippen LogP contribution in [0.5, 0.6) is 0 Å². The zero-order valence-electron chi connectivity index (χ0n) is 7.95. The van der Waals surface area contributed by atoms with Crippen LogP contribution in [0, 0.1) is 0 Å². The molecule has 0 saturated heterocycles. The first-order chi connectivity index (χ1) is 6.24. The van der Waals surface area contributed by atoms with Crippen molar-refractivity contribution in [3.05, 3.63) is 11.1 Å². The van der Waals surface area contributed by atoms with Gasteiger partial charge in [0.15, 0.2) is 5.13 Å². The van der Waals surface area contributed by atoms with E-state index in [0.717, 1.165) is 11.7 Å². The third kappa shape index (κ3) is 3.30. The number of hydrogen-bond acceptors (Lipinski definition) is 5. The summed E-state index contributed by atoms with van der Waals surface area (Å²) in [5.74, 6) is 0. The molecule has 0 aliphatic rings. The minimum absolute atomic E-state index is 0.180. The molecule has 1 aromatic heterocycles. The summed E-state index contributed by atoms with van der Waals surface area (Å²) < 4.78 is 0. The molecular weight excluding hydrogens is 186 g/mol. The van der Waals surface area contributed by atoms with Crippen molar-refractivity contribution in [3.8, 4) is 0 Å². The molecular formula is C8H15N3OS. The van der Waals surface area contributed by atoms with Crippen LogP contribution in [0.3, 0.4) is 0 Å². The largest absolute Gasteiger partial charge is 0.395 e. The maximum absolute atomic E-state index is 8.55. The second-order valence-corrected chi connectivity index (χ2v) is 4.00. The quantitative estimate of drug-likeness (QED) is 0.672. The Kier molecular flexibility index (Phi) is 4.14. The van der Waals surface area contributed by atoms with Crippen molar-refractivity contribution in [2.45, 2.75) is 6.54 Å². The van der Waals surface area contributed by atoms with Gasteiger partial charge in [-0.25, -0.2) is 4.98 Å². The summed E-state index contributed by atoms with van der Waals surface area (Å²) in [5.41, 5.74) is 0. The minimum Gasteiger partial charge on any atom is -0.395 e. The molecule has 0 saturated carbocycles. The molecule has 1 aromatic rings. The molecule has 74 valence electrons. The van der Waals surface area contributed by atoms with Gasteiger partial charge in [-0.3, -0.25) is 0 Å². The predicted octanol–water partition coefficient (Wildman–Crippen LogP) is 0.291. The molecule has 13 heavy (non-hydrogen) atoms. The molecule has 1 heterocycles. The van der Waals surface area contributed by atoms with Crippen molar-refractivity contribution >= 4 is 16.5 Å². The molecule has 0 unspecified atom stereocenters. The summed E-state index contributed by atoms with van der Waals surface area (Å²) in [5, 5.41) is 12.7. The van der Waals surface area contributed by atoms with Crippen LogP contribution in [0.2, 0.25) is 0 Å². The molecule has 0 radical (unpaired) electrons. The molecule has 0 spiro atoms. The number of nitrogens with one attached hydrogen (secondary N) is 1. The van der Waals surface area contributed by atoms with Crippen molar-refractivity contribution in [2.75, 3.05) is 32.1 Å². The van der Waals surface area contributed by atoms with E-state index in [9.17, 15) is 0 Å². The van der Waals surface area contributed by atoms with E-state index in [2.05, 4.69) is 10.3 Å². The normalized spacial score (nSPS) is 10.4. The Bertz CT molecular complexity index is 249. The van der Waals surface area contributed by atoms with Gasteiger partial charge >= 0.3 is 0 Å². The predicted molar refractivity (Wildman–Crippen MR) is 55.2 cm³/mol. The van der Waals surface area contributed by atoms with E-state index in [1.807, 2.05) is 25.2 Å². The average molecular weight is 201 g/mol. The maximum atomic E-state index is 8.55. The van der Waals surface area contributed by atoms with Crippen LogP contribution >= 0.6 is 11.3 Å². The van der Waals surface area contributed by atoms with Crippen molar-refractivity contribution in [1.82, 2.24) is 10.3 Å². The molecule has 0 fully saturated rings. The third-order valence-corrected chi connectivity index (χ3v) is 2.68. The van der Waals surface area contributed by atoms with Crippen molar-refractivity contribution in [3.63, 3.8) is 0 Å². The van der Waals surface area contributed by atoms with E-state index >= 15 is 0 Å². The second-order valence-electron chi connectivity index (χ2n) is 2.90. The maximum Gasteiger partial charge on any atom is 0.185 e. The molecule has 0 atom stereocenters. The van der Waals surface area contributed by atoms with Gasteiger partial charge in [0.25, 0.3) is 0 Å². The third-order valence-electron chi connectivity index (χ3n) is 1.51. The first kappa shape index (κ1) is 10.4. The smallest absolute Gasteiger partial charge is 0.185 e. The number of rotatable bonds is 5. The SMILES string of the molecule is CN(C)c1ncc(CNCCO)s1. The molecule has 0 bridgehead atoms. The highest BCUT2D eigenvalue weighted by Gasteiger charge is 2.02. The van der Waals surface area contributed by atoms with Gasteiger partial charge in [0, 0.05) is 38.3 Å². The Morgan fingerprint density at radius 2 is 2.38 bits per heavy atom. The highest BCUT2D eigenvalue weighted by atomic mass is 32.1. The minimum atomic E-state index is 0.180. The fraction of sp³-hybridized carbons (Fsp3) is 0.625. The summed E-state index contributed by atoms with van der Waals surface area (Å²) in [6.07, 6.45) is 1.87. The lowest BCUT2D eigenvalue weighted by atomic mass is 10.5. The van der Waals surface area contributed by atoms with E-state index < -0.39 is 0 Å². The van der Waals surface area contributed by atoms with Crippen LogP contribution in [0.1, 0.15) is 4.88 Å². The van der Waals surface area contributed by atoms with Crippen molar-refractivity contribution in [1.29, 1.82) is 0 Å². The second kappa shape index (κ2) is 5.16. The first-order valence-corrected chi connectivity index (χ1v) is 4.99. The Morgan fingerprint density at radius 1 is 1.62 bits per heavy atom. The van der Waals surface area contributed by atoms with Gasteiger partial charge in [-0.1, -0.05) is 0 Å². The van der Waals surface area contributed by atoms with Crippen molar-refractivity contribution < 1.29 is 5.11 Å². The summed E-state index contributed by atoms with van der Waals surface area (Å²) in [7, 11) is 3.95. The zero-order chi connectivity index (χ0) is 9.68. The van der Waals surface area contributed by atoms with Gasteiger partial charge in [0.1, 0.15) is 0 Å². The molecule has 0 amide bonds. The monoisotopic (exact) mass is 201 g/mol. The molecule has 1 rings (SSSR count). The highest BCUT2D eigenvalue weighted by Crippen LogP contribution is 2.19. The van der Waals surface area contributed by atoms with E-state index in [4.69, 9.17) is 5.11 Å². The topological polar surface area (TPSA) is 48.4 Å². The van der Waals surface area contributed by atoms with E-state index in [0.29, 0.717) is 6.54 Å². The highest BCUT2D eigenvalue weighted by molar-refractivity contribution is 7.15. The molecule has 4 nitrogen and oxygen atoms in total. The molecule has 5 heteroatoms. The van der Waals surface area contributed by atoms with Crippen LogP contribution in [-0.4, -0.2) is 37.3 Å². The number of hydrogen-bond donors (Lipinski definition) is 2. The van der Waals surface area contributed by atoms with Crippen LogP contribution < -0.4 is 10.2 Å². The number of aromatic nitrogens is 1. The number of anilines is 1. The Balaban J connectivity index is 2.40. The number of aliphatic hydroxyl groups is 1.